The van der Waals surface area contributed by atoms with Gasteiger partial charge in [0, 0.05) is 29.7 Å². The van der Waals surface area contributed by atoms with Crippen molar-refractivity contribution in [2.45, 2.75) is 38.6 Å². The maximum absolute atomic E-state index is 3.73. The van der Waals surface area contributed by atoms with Gasteiger partial charge in [0.2, 0.25) is 0 Å². The number of nitrogens with one attached hydrogen (secondary N) is 1. The predicted molar refractivity (Wildman–Crippen MR) is 79.3 cm³/mol. The van der Waals surface area contributed by atoms with E-state index < -0.39 is 0 Å². The summed E-state index contributed by atoms with van der Waals surface area (Å²) in [4.78, 5) is 6.44. The summed E-state index contributed by atoms with van der Waals surface area (Å²) < 4.78 is 0. The summed E-state index contributed by atoms with van der Waals surface area (Å²) in [5.41, 5.74) is 4.61. The number of hydrogen-bond donors (Lipinski definition) is 1. The second kappa shape index (κ2) is 3.86. The number of rotatable bonds is 0. The molecule has 1 aromatic heterocycles. The lowest BCUT2D eigenvalue weighted by molar-refractivity contribution is 0.0224. The molecule has 0 radical (unpaired) electrons. The molecular formula is C17H22N2. The average molecular weight is 254 g/mol. The minimum absolute atomic E-state index is 0.235. The van der Waals surface area contributed by atoms with Gasteiger partial charge in [0.15, 0.2) is 0 Å². The van der Waals surface area contributed by atoms with Crippen LogP contribution in [-0.4, -0.2) is 23.0 Å². The highest BCUT2D eigenvalue weighted by atomic mass is 15.2. The Bertz CT molecular complexity index is 627. The van der Waals surface area contributed by atoms with E-state index in [0.29, 0.717) is 0 Å². The zero-order valence-electron chi connectivity index (χ0n) is 11.9. The van der Waals surface area contributed by atoms with E-state index in [2.05, 4.69) is 48.0 Å². The van der Waals surface area contributed by atoms with Gasteiger partial charge >= 0.3 is 0 Å². The van der Waals surface area contributed by atoms with E-state index in [0.717, 1.165) is 5.92 Å². The summed E-state index contributed by atoms with van der Waals surface area (Å²) in [5, 5.41) is 1.44. The maximum atomic E-state index is 3.73. The number of aromatic amines is 1. The molecular weight excluding hydrogens is 232 g/mol. The van der Waals surface area contributed by atoms with Crippen molar-refractivity contribution in [1.29, 1.82) is 0 Å². The molecule has 1 unspecified atom stereocenters. The standard InChI is InChI=1S/C17H22N2/c1-12-7-9-17(2)16-14(8-10-19(17)11-12)13-5-3-4-6-15(13)18-16/h3-6,12,18H,7-11H2,1-2H3/t12?,17-/m1/s1. The molecule has 1 N–H and O–H groups in total. The van der Waals surface area contributed by atoms with Crippen molar-refractivity contribution in [3.8, 4) is 0 Å². The van der Waals surface area contributed by atoms with Gasteiger partial charge in [0.1, 0.15) is 0 Å². The van der Waals surface area contributed by atoms with Crippen LogP contribution in [0.4, 0.5) is 0 Å². The Labute approximate surface area is 114 Å². The Morgan fingerprint density at radius 3 is 3.05 bits per heavy atom. The molecule has 1 saturated heterocycles. The first kappa shape index (κ1) is 11.5. The van der Waals surface area contributed by atoms with Gasteiger partial charge in [-0.2, -0.15) is 0 Å². The molecule has 2 aliphatic heterocycles. The fraction of sp³-hybridized carbons (Fsp3) is 0.529. The van der Waals surface area contributed by atoms with E-state index in [1.807, 2.05) is 0 Å². The third-order valence-electron chi connectivity index (χ3n) is 5.34. The monoisotopic (exact) mass is 254 g/mol. The third kappa shape index (κ3) is 1.53. The van der Waals surface area contributed by atoms with E-state index in [-0.39, 0.29) is 5.54 Å². The van der Waals surface area contributed by atoms with E-state index in [4.69, 9.17) is 0 Å². The van der Waals surface area contributed by atoms with Gasteiger partial charge in [-0.1, -0.05) is 25.1 Å². The Hall–Kier alpha value is -1.28. The number of para-hydroxylation sites is 1. The molecule has 0 aliphatic carbocycles. The molecule has 1 aromatic carbocycles. The fourth-order valence-electron chi connectivity index (χ4n) is 4.14. The van der Waals surface area contributed by atoms with E-state index in [1.54, 1.807) is 5.56 Å². The molecule has 0 amide bonds. The molecule has 2 atom stereocenters. The zero-order valence-corrected chi connectivity index (χ0v) is 11.9. The van der Waals surface area contributed by atoms with E-state index >= 15 is 0 Å². The minimum atomic E-state index is 0.235. The number of piperidine rings is 1. The summed E-state index contributed by atoms with van der Waals surface area (Å²) in [6, 6.07) is 8.78. The van der Waals surface area contributed by atoms with Crippen molar-refractivity contribution in [2.75, 3.05) is 13.1 Å². The first-order valence-corrected chi connectivity index (χ1v) is 7.53. The Morgan fingerprint density at radius 2 is 2.16 bits per heavy atom. The minimum Gasteiger partial charge on any atom is -0.357 e. The molecule has 2 aromatic rings. The molecule has 0 bridgehead atoms. The lowest BCUT2D eigenvalue weighted by Gasteiger charge is -2.49. The summed E-state index contributed by atoms with van der Waals surface area (Å²) in [6.45, 7) is 7.30. The van der Waals surface area contributed by atoms with Crippen LogP contribution in [0.3, 0.4) is 0 Å². The molecule has 100 valence electrons. The van der Waals surface area contributed by atoms with Crippen molar-refractivity contribution in [3.05, 3.63) is 35.5 Å². The second-order valence-corrected chi connectivity index (χ2v) is 6.64. The van der Waals surface area contributed by atoms with Crippen LogP contribution < -0.4 is 0 Å². The SMILES string of the molecule is CC1CC[C@]2(C)c3[nH]c4ccccc4c3CCN2C1. The lowest BCUT2D eigenvalue weighted by Crippen LogP contribution is -2.53. The van der Waals surface area contributed by atoms with Crippen molar-refractivity contribution in [3.63, 3.8) is 0 Å². The van der Waals surface area contributed by atoms with Crippen molar-refractivity contribution in [1.82, 2.24) is 9.88 Å². The van der Waals surface area contributed by atoms with Crippen LogP contribution in [0.1, 0.15) is 37.9 Å². The highest BCUT2D eigenvalue weighted by Gasteiger charge is 2.43. The molecule has 2 nitrogen and oxygen atoms in total. The van der Waals surface area contributed by atoms with Crippen molar-refractivity contribution >= 4 is 10.9 Å². The van der Waals surface area contributed by atoms with Gasteiger partial charge in [0.05, 0.1) is 5.54 Å². The molecule has 4 rings (SSSR count). The first-order chi connectivity index (χ1) is 9.18. The summed E-state index contributed by atoms with van der Waals surface area (Å²) in [7, 11) is 0. The Morgan fingerprint density at radius 1 is 1.32 bits per heavy atom. The number of aromatic nitrogens is 1. The fourth-order valence-corrected chi connectivity index (χ4v) is 4.14. The van der Waals surface area contributed by atoms with Crippen LogP contribution in [-0.2, 0) is 12.0 Å². The van der Waals surface area contributed by atoms with Gasteiger partial charge in [-0.25, -0.2) is 0 Å². The van der Waals surface area contributed by atoms with Crippen LogP contribution in [0, 0.1) is 5.92 Å². The highest BCUT2D eigenvalue weighted by Crippen LogP contribution is 2.44. The van der Waals surface area contributed by atoms with E-state index in [1.165, 1.54) is 48.9 Å². The maximum Gasteiger partial charge on any atom is 0.0586 e. The van der Waals surface area contributed by atoms with Crippen molar-refractivity contribution < 1.29 is 0 Å². The van der Waals surface area contributed by atoms with Gasteiger partial charge in [-0.05, 0) is 43.7 Å². The van der Waals surface area contributed by atoms with Crippen LogP contribution in [0.5, 0.6) is 0 Å². The quantitative estimate of drug-likeness (QED) is 0.760. The molecule has 1 fully saturated rings. The van der Waals surface area contributed by atoms with Gasteiger partial charge in [-0.3, -0.25) is 4.90 Å². The number of hydrogen-bond acceptors (Lipinski definition) is 1. The van der Waals surface area contributed by atoms with Gasteiger partial charge in [0.25, 0.3) is 0 Å². The molecule has 0 spiro atoms. The van der Waals surface area contributed by atoms with Gasteiger partial charge < -0.3 is 4.98 Å². The summed E-state index contributed by atoms with van der Waals surface area (Å²) >= 11 is 0. The van der Waals surface area contributed by atoms with Crippen LogP contribution in [0.15, 0.2) is 24.3 Å². The first-order valence-electron chi connectivity index (χ1n) is 7.53. The lowest BCUT2D eigenvalue weighted by atomic mass is 9.77. The highest BCUT2D eigenvalue weighted by molar-refractivity contribution is 5.85. The number of nitrogens with zero attached hydrogens (tertiary/aromatic N) is 1. The summed E-state index contributed by atoms with van der Waals surface area (Å²) in [5.74, 6) is 0.846. The van der Waals surface area contributed by atoms with Gasteiger partial charge in [-0.15, -0.1) is 0 Å². The molecule has 0 saturated carbocycles. The topological polar surface area (TPSA) is 19.0 Å². The number of H-pyrrole nitrogens is 1. The third-order valence-corrected chi connectivity index (χ3v) is 5.34. The average Bonchev–Trinajstić information content (AvgIpc) is 2.80. The summed E-state index contributed by atoms with van der Waals surface area (Å²) in [6.07, 6.45) is 3.83. The van der Waals surface area contributed by atoms with Crippen molar-refractivity contribution in [2.24, 2.45) is 5.92 Å². The van der Waals surface area contributed by atoms with Crippen LogP contribution in [0.2, 0.25) is 0 Å². The normalized spacial score (nSPS) is 31.2. The predicted octanol–water partition coefficient (Wildman–Crippen LogP) is 3.67. The molecule has 3 heterocycles. The van der Waals surface area contributed by atoms with E-state index in [9.17, 15) is 0 Å². The van der Waals surface area contributed by atoms with Crippen LogP contribution in [0.25, 0.3) is 10.9 Å². The molecule has 2 heteroatoms. The largest absolute Gasteiger partial charge is 0.357 e. The Kier molecular flexibility index (Phi) is 2.34. The second-order valence-electron chi connectivity index (χ2n) is 6.64. The Balaban J connectivity index is 1.90. The number of fused-ring (bicyclic) bond motifs is 5. The van der Waals surface area contributed by atoms with Crippen LogP contribution >= 0.6 is 0 Å². The molecule has 2 aliphatic rings. The molecule has 19 heavy (non-hydrogen) atoms. The zero-order chi connectivity index (χ0) is 13.0. The smallest absolute Gasteiger partial charge is 0.0586 e. The number of benzene rings is 1.